The van der Waals surface area contributed by atoms with Gasteiger partial charge in [-0.25, -0.2) is 13.6 Å². The first kappa shape index (κ1) is 18.0. The smallest absolute Gasteiger partial charge is 0.326 e. The van der Waals surface area contributed by atoms with E-state index in [9.17, 15) is 23.5 Å². The molecule has 3 amide bonds. The Morgan fingerprint density at radius 1 is 0.923 bits per heavy atom. The van der Waals surface area contributed by atoms with Crippen LogP contribution in [-0.2, 0) is 10.4 Å². The Morgan fingerprint density at radius 3 is 1.77 bits per heavy atom. The number of imide groups is 1. The molecular weight excluding hydrogens is 342 g/mol. The number of aliphatic hydroxyl groups is 1. The van der Waals surface area contributed by atoms with E-state index in [1.807, 2.05) is 0 Å². The van der Waals surface area contributed by atoms with Crippen LogP contribution in [0, 0.1) is 11.6 Å². The van der Waals surface area contributed by atoms with Crippen molar-refractivity contribution < 1.29 is 23.5 Å². The first-order valence-electron chi connectivity index (χ1n) is 8.03. The van der Waals surface area contributed by atoms with Gasteiger partial charge in [-0.15, -0.1) is 0 Å². The zero-order valence-corrected chi connectivity index (χ0v) is 14.3. The van der Waals surface area contributed by atoms with Gasteiger partial charge < -0.3 is 10.0 Å². The molecule has 0 aliphatic carbocycles. The molecule has 2 aromatic rings. The minimum absolute atomic E-state index is 0.135. The third-order valence-corrected chi connectivity index (χ3v) is 4.85. The van der Waals surface area contributed by atoms with E-state index in [1.165, 1.54) is 67.5 Å². The number of hydrogen-bond donors (Lipinski definition) is 1. The lowest BCUT2D eigenvalue weighted by Crippen LogP contribution is -2.61. The van der Waals surface area contributed by atoms with E-state index in [0.29, 0.717) is 11.1 Å². The zero-order chi connectivity index (χ0) is 19.1. The molecular formula is C19H18F2N2O3. The van der Waals surface area contributed by atoms with E-state index in [-0.39, 0.29) is 6.42 Å². The summed E-state index contributed by atoms with van der Waals surface area (Å²) in [6.45, 7) is 0. The minimum atomic E-state index is -1.82. The van der Waals surface area contributed by atoms with Crippen LogP contribution in [0.5, 0.6) is 0 Å². The number of halogens is 2. The van der Waals surface area contributed by atoms with Crippen molar-refractivity contribution in [2.45, 2.75) is 18.1 Å². The topological polar surface area (TPSA) is 60.9 Å². The van der Waals surface area contributed by atoms with Gasteiger partial charge in [-0.3, -0.25) is 9.69 Å². The summed E-state index contributed by atoms with van der Waals surface area (Å²) in [6, 6.07) is 8.79. The molecule has 2 aromatic carbocycles. The molecule has 7 heteroatoms. The summed E-state index contributed by atoms with van der Waals surface area (Å²) in [7, 11) is 2.85. The molecule has 0 unspecified atom stereocenters. The largest absolute Gasteiger partial charge is 0.378 e. The molecule has 136 valence electrons. The standard InChI is InChI=1S/C19H18F2N2O3/c1-22-16(11-17(24)23(2)18(22)25)19(26,12-3-7-14(20)8-4-12)13-5-9-15(21)10-6-13/h3-10,16,26H,11H2,1-2H3/t16-/m1/s1. The number of carbonyl (C=O) groups excluding carboxylic acids is 2. The second kappa shape index (κ2) is 6.49. The number of benzene rings is 2. The van der Waals surface area contributed by atoms with Gasteiger partial charge in [-0.05, 0) is 35.4 Å². The van der Waals surface area contributed by atoms with Crippen molar-refractivity contribution in [1.29, 1.82) is 0 Å². The Balaban J connectivity index is 2.17. The fourth-order valence-electron chi connectivity index (χ4n) is 3.30. The predicted octanol–water partition coefficient (Wildman–Crippen LogP) is 2.48. The van der Waals surface area contributed by atoms with E-state index in [1.54, 1.807) is 0 Å². The van der Waals surface area contributed by atoms with Crippen LogP contribution in [0.4, 0.5) is 13.6 Å². The van der Waals surface area contributed by atoms with E-state index < -0.39 is 35.2 Å². The van der Waals surface area contributed by atoms with E-state index in [2.05, 4.69) is 0 Å². The fraction of sp³-hybridized carbons (Fsp3) is 0.263. The summed E-state index contributed by atoms with van der Waals surface area (Å²) in [5, 5.41) is 11.6. The van der Waals surface area contributed by atoms with Gasteiger partial charge in [0.2, 0.25) is 5.91 Å². The first-order chi connectivity index (χ1) is 12.2. The molecule has 26 heavy (non-hydrogen) atoms. The van der Waals surface area contributed by atoms with Crippen LogP contribution in [0.1, 0.15) is 17.5 Å². The van der Waals surface area contributed by atoms with Gasteiger partial charge in [-0.2, -0.15) is 0 Å². The van der Waals surface area contributed by atoms with E-state index in [4.69, 9.17) is 0 Å². The molecule has 0 saturated carbocycles. The van der Waals surface area contributed by atoms with Crippen molar-refractivity contribution in [3.63, 3.8) is 0 Å². The molecule has 0 aromatic heterocycles. The van der Waals surface area contributed by atoms with Crippen molar-refractivity contribution >= 4 is 11.9 Å². The van der Waals surface area contributed by atoms with Gasteiger partial charge in [0.15, 0.2) is 0 Å². The first-order valence-corrected chi connectivity index (χ1v) is 8.03. The van der Waals surface area contributed by atoms with Crippen LogP contribution < -0.4 is 0 Å². The van der Waals surface area contributed by atoms with Crippen LogP contribution in [0.25, 0.3) is 0 Å². The van der Waals surface area contributed by atoms with E-state index in [0.717, 1.165) is 4.90 Å². The number of amides is 3. The molecule has 0 spiro atoms. The second-order valence-electron chi connectivity index (χ2n) is 6.35. The highest BCUT2D eigenvalue weighted by Gasteiger charge is 2.49. The second-order valence-corrected chi connectivity index (χ2v) is 6.35. The predicted molar refractivity (Wildman–Crippen MR) is 90.1 cm³/mol. The maximum atomic E-state index is 13.4. The Morgan fingerprint density at radius 2 is 1.35 bits per heavy atom. The molecule has 1 N–H and O–H groups in total. The van der Waals surface area contributed by atoms with Gasteiger partial charge in [0, 0.05) is 14.1 Å². The van der Waals surface area contributed by atoms with Crippen molar-refractivity contribution in [3.05, 3.63) is 71.3 Å². The van der Waals surface area contributed by atoms with Gasteiger partial charge >= 0.3 is 6.03 Å². The molecule has 1 aliphatic rings. The van der Waals surface area contributed by atoms with Gasteiger partial charge in [0.05, 0.1) is 12.5 Å². The number of carbonyl (C=O) groups is 2. The highest BCUT2D eigenvalue weighted by molar-refractivity contribution is 5.97. The Labute approximate surface area is 149 Å². The molecule has 1 heterocycles. The van der Waals surface area contributed by atoms with Crippen LogP contribution in [-0.4, -0.2) is 47.0 Å². The zero-order valence-electron chi connectivity index (χ0n) is 14.3. The number of hydrogen-bond acceptors (Lipinski definition) is 3. The molecule has 1 saturated heterocycles. The summed E-state index contributed by atoms with van der Waals surface area (Å²) >= 11 is 0. The van der Waals surface area contributed by atoms with E-state index >= 15 is 0 Å². The maximum Gasteiger partial charge on any atom is 0.326 e. The van der Waals surface area contributed by atoms with Gasteiger partial charge in [0.25, 0.3) is 0 Å². The SMILES string of the molecule is CN1C(=O)C[C@H](C(O)(c2ccc(F)cc2)c2ccc(F)cc2)N(C)C1=O. The van der Waals surface area contributed by atoms with Crippen molar-refractivity contribution in [3.8, 4) is 0 Å². The lowest BCUT2D eigenvalue weighted by molar-refractivity contribution is -0.135. The molecule has 3 rings (SSSR count). The average Bonchev–Trinajstić information content (AvgIpc) is 2.63. The summed E-state index contributed by atoms with van der Waals surface area (Å²) in [5.41, 5.74) is -1.22. The lowest BCUT2D eigenvalue weighted by atomic mass is 9.77. The molecule has 1 fully saturated rings. The van der Waals surface area contributed by atoms with Crippen molar-refractivity contribution in [1.82, 2.24) is 9.80 Å². The molecule has 1 atom stereocenters. The third-order valence-electron chi connectivity index (χ3n) is 4.85. The van der Waals surface area contributed by atoms with Crippen LogP contribution in [0.15, 0.2) is 48.5 Å². The van der Waals surface area contributed by atoms with Crippen LogP contribution in [0.3, 0.4) is 0 Å². The van der Waals surface area contributed by atoms with Gasteiger partial charge in [-0.1, -0.05) is 24.3 Å². The monoisotopic (exact) mass is 360 g/mol. The average molecular weight is 360 g/mol. The fourth-order valence-corrected chi connectivity index (χ4v) is 3.30. The molecule has 1 aliphatic heterocycles. The Bertz CT molecular complexity index is 791. The summed E-state index contributed by atoms with van der Waals surface area (Å²) in [5.74, 6) is -1.42. The lowest BCUT2D eigenvalue weighted by Gasteiger charge is -2.45. The Hall–Kier alpha value is -2.80. The maximum absolute atomic E-state index is 13.4. The number of rotatable bonds is 3. The van der Waals surface area contributed by atoms with Crippen LogP contribution in [0.2, 0.25) is 0 Å². The molecule has 5 nitrogen and oxygen atoms in total. The summed E-state index contributed by atoms with van der Waals surface area (Å²) < 4.78 is 26.7. The van der Waals surface area contributed by atoms with Crippen LogP contribution >= 0.6 is 0 Å². The number of nitrogens with zero attached hydrogens (tertiary/aromatic N) is 2. The summed E-state index contributed by atoms with van der Waals surface area (Å²) in [6.07, 6.45) is -0.135. The van der Waals surface area contributed by atoms with Crippen molar-refractivity contribution in [2.75, 3.05) is 14.1 Å². The number of urea groups is 1. The van der Waals surface area contributed by atoms with Gasteiger partial charge in [0.1, 0.15) is 17.2 Å². The quantitative estimate of drug-likeness (QED) is 0.915. The Kier molecular flexibility index (Phi) is 4.50. The highest BCUT2D eigenvalue weighted by atomic mass is 19.1. The number of likely N-dealkylation sites (N-methyl/N-ethyl adjacent to an activating group) is 1. The summed E-state index contributed by atoms with van der Waals surface area (Å²) in [4.78, 5) is 26.8. The molecule has 0 bridgehead atoms. The molecule has 0 radical (unpaired) electrons. The van der Waals surface area contributed by atoms with Crippen molar-refractivity contribution in [2.24, 2.45) is 0 Å². The third kappa shape index (κ3) is 2.84. The normalized spacial score (nSPS) is 18.4. The highest BCUT2D eigenvalue weighted by Crippen LogP contribution is 2.39. The minimum Gasteiger partial charge on any atom is -0.378 e.